The van der Waals surface area contributed by atoms with Crippen molar-refractivity contribution in [1.29, 1.82) is 0 Å². The average molecular weight is 354 g/mol. The molecule has 0 bridgehead atoms. The number of amides is 3. The van der Waals surface area contributed by atoms with Crippen LogP contribution in [-0.2, 0) is 4.79 Å². The zero-order chi connectivity index (χ0) is 18.9. The van der Waals surface area contributed by atoms with Crippen LogP contribution in [0.25, 0.3) is 0 Å². The predicted molar refractivity (Wildman–Crippen MR) is 99.7 cm³/mol. The lowest BCUT2D eigenvalue weighted by atomic mass is 9.73. The van der Waals surface area contributed by atoms with Crippen molar-refractivity contribution < 1.29 is 14.4 Å². The molecule has 0 aromatic heterocycles. The monoisotopic (exact) mass is 354 g/mol. The van der Waals surface area contributed by atoms with Gasteiger partial charge >= 0.3 is 6.03 Å². The summed E-state index contributed by atoms with van der Waals surface area (Å²) >= 11 is 0. The van der Waals surface area contributed by atoms with E-state index < -0.39 is 5.54 Å². The molecule has 1 aromatic carbocycles. The Bertz CT molecular complexity index is 743. The van der Waals surface area contributed by atoms with E-state index in [0.717, 1.165) is 24.2 Å². The second kappa shape index (κ2) is 7.06. The minimum Gasteiger partial charge on any atom is -0.313 e. The maximum absolute atomic E-state index is 13.2. The number of urea groups is 1. The van der Waals surface area contributed by atoms with Crippen LogP contribution < -0.4 is 0 Å². The van der Waals surface area contributed by atoms with Crippen LogP contribution in [0.2, 0.25) is 0 Å². The number of benzene rings is 1. The van der Waals surface area contributed by atoms with E-state index in [1.54, 1.807) is 31.3 Å². The lowest BCUT2D eigenvalue weighted by molar-refractivity contribution is -0.134. The van der Waals surface area contributed by atoms with Crippen LogP contribution in [0, 0.1) is 11.8 Å². The smallest absolute Gasteiger partial charge is 0.313 e. The van der Waals surface area contributed by atoms with Crippen LogP contribution in [0.5, 0.6) is 0 Å². The number of ketones is 1. The third-order valence-corrected chi connectivity index (χ3v) is 6.03. The van der Waals surface area contributed by atoms with Gasteiger partial charge in [-0.2, -0.15) is 0 Å². The molecule has 2 aliphatic rings. The Hall–Kier alpha value is -2.43. The molecule has 26 heavy (non-hydrogen) atoms. The summed E-state index contributed by atoms with van der Waals surface area (Å²) in [4.78, 5) is 41.1. The Kier molecular flexibility index (Phi) is 4.99. The summed E-state index contributed by atoms with van der Waals surface area (Å²) < 4.78 is 0. The summed E-state index contributed by atoms with van der Waals surface area (Å²) in [5.41, 5.74) is -0.386. The third-order valence-electron chi connectivity index (χ3n) is 6.03. The van der Waals surface area contributed by atoms with Gasteiger partial charge in [0.05, 0.1) is 6.54 Å². The lowest BCUT2D eigenvalue weighted by Crippen LogP contribution is -2.52. The van der Waals surface area contributed by atoms with E-state index in [9.17, 15) is 14.4 Å². The molecule has 0 N–H and O–H groups in total. The van der Waals surface area contributed by atoms with Gasteiger partial charge in [-0.05, 0) is 38.0 Å². The average Bonchev–Trinajstić information content (AvgIpc) is 2.85. The second-order valence-electron chi connectivity index (χ2n) is 7.43. The van der Waals surface area contributed by atoms with Gasteiger partial charge in [0, 0.05) is 12.6 Å². The molecule has 0 spiro atoms. The molecule has 5 nitrogen and oxygen atoms in total. The highest BCUT2D eigenvalue weighted by atomic mass is 16.2. The van der Waals surface area contributed by atoms with Crippen molar-refractivity contribution in [3.05, 3.63) is 48.0 Å². The van der Waals surface area contributed by atoms with Crippen molar-refractivity contribution in [2.45, 2.75) is 38.6 Å². The fourth-order valence-electron chi connectivity index (χ4n) is 4.07. The first-order valence-electron chi connectivity index (χ1n) is 9.24. The third kappa shape index (κ3) is 2.96. The molecule has 1 heterocycles. The Labute approximate surface area is 154 Å². The zero-order valence-corrected chi connectivity index (χ0v) is 15.6. The van der Waals surface area contributed by atoms with Crippen LogP contribution in [-0.4, -0.2) is 46.7 Å². The Balaban J connectivity index is 1.82. The zero-order valence-electron chi connectivity index (χ0n) is 15.6. The Morgan fingerprint density at radius 2 is 1.92 bits per heavy atom. The van der Waals surface area contributed by atoms with Gasteiger partial charge in [-0.1, -0.05) is 49.4 Å². The molecule has 5 heteroatoms. The maximum atomic E-state index is 13.2. The van der Waals surface area contributed by atoms with Crippen LogP contribution in [0.3, 0.4) is 0 Å². The molecule has 138 valence electrons. The van der Waals surface area contributed by atoms with E-state index in [0.29, 0.717) is 11.5 Å². The molecule has 1 aliphatic carbocycles. The van der Waals surface area contributed by atoms with Crippen molar-refractivity contribution in [1.82, 2.24) is 9.80 Å². The number of Topliss-reactive ketones (excluding diaryl/α,β-unsaturated/α-hetero) is 1. The van der Waals surface area contributed by atoms with Gasteiger partial charge in [0.2, 0.25) is 0 Å². The standard InChI is InChI=1S/C21H26N2O3/c1-4-15-9-8-12-17(13-15)21(2)19(25)23(20(26)22(21)3)14-18(24)16-10-6-5-7-11-16/h5-11,15,17H,4,12-14H2,1-3H3/t15-,17?,21?/m1/s1. The molecule has 1 aromatic rings. The molecular weight excluding hydrogens is 328 g/mol. The number of imide groups is 1. The highest BCUT2D eigenvalue weighted by molar-refractivity contribution is 6.11. The van der Waals surface area contributed by atoms with Gasteiger partial charge < -0.3 is 4.90 Å². The molecule has 3 atom stereocenters. The Morgan fingerprint density at radius 1 is 1.23 bits per heavy atom. The van der Waals surface area contributed by atoms with E-state index in [-0.39, 0.29) is 30.2 Å². The summed E-state index contributed by atoms with van der Waals surface area (Å²) in [5.74, 6) is 0.0157. The highest BCUT2D eigenvalue weighted by Crippen LogP contribution is 2.41. The van der Waals surface area contributed by atoms with Crippen LogP contribution in [0.1, 0.15) is 43.5 Å². The first-order valence-corrected chi connectivity index (χ1v) is 9.24. The molecule has 3 amide bonds. The second-order valence-corrected chi connectivity index (χ2v) is 7.43. The number of hydrogen-bond acceptors (Lipinski definition) is 3. The maximum Gasteiger partial charge on any atom is 0.327 e. The highest BCUT2D eigenvalue weighted by Gasteiger charge is 2.56. The molecule has 1 fully saturated rings. The SMILES string of the molecule is CC[C@@H]1C=CCC(C2(C)C(=O)N(CC(=O)c3ccccc3)C(=O)N2C)C1. The number of hydrogen-bond donors (Lipinski definition) is 0. The molecule has 1 aliphatic heterocycles. The number of carbonyl (C=O) groups is 3. The van der Waals surface area contributed by atoms with E-state index >= 15 is 0 Å². The van der Waals surface area contributed by atoms with E-state index in [4.69, 9.17) is 0 Å². The van der Waals surface area contributed by atoms with Crippen LogP contribution >= 0.6 is 0 Å². The van der Waals surface area contributed by atoms with Crippen molar-refractivity contribution >= 4 is 17.7 Å². The number of nitrogens with zero attached hydrogens (tertiary/aromatic N) is 2. The number of allylic oxidation sites excluding steroid dienone is 2. The number of likely N-dealkylation sites (N-methyl/N-ethyl adjacent to an activating group) is 1. The Morgan fingerprint density at radius 3 is 2.58 bits per heavy atom. The van der Waals surface area contributed by atoms with Crippen molar-refractivity contribution in [2.75, 3.05) is 13.6 Å². The summed E-state index contributed by atoms with van der Waals surface area (Å²) in [6.07, 6.45) is 7.00. The minimum absolute atomic E-state index is 0.0655. The summed E-state index contributed by atoms with van der Waals surface area (Å²) in [6, 6.07) is 8.40. The van der Waals surface area contributed by atoms with E-state index in [1.165, 1.54) is 4.90 Å². The first-order chi connectivity index (χ1) is 12.4. The quantitative estimate of drug-likeness (QED) is 0.462. The van der Waals surface area contributed by atoms with Gasteiger partial charge in [0.15, 0.2) is 5.78 Å². The number of carbonyl (C=O) groups excluding carboxylic acids is 3. The molecular formula is C21H26N2O3. The van der Waals surface area contributed by atoms with Gasteiger partial charge in [0.1, 0.15) is 5.54 Å². The van der Waals surface area contributed by atoms with Crippen molar-refractivity contribution in [3.8, 4) is 0 Å². The van der Waals surface area contributed by atoms with Crippen molar-refractivity contribution in [2.24, 2.45) is 11.8 Å². The summed E-state index contributed by atoms with van der Waals surface area (Å²) in [7, 11) is 1.67. The molecule has 0 radical (unpaired) electrons. The fourth-order valence-corrected chi connectivity index (χ4v) is 4.07. The predicted octanol–water partition coefficient (Wildman–Crippen LogP) is 3.51. The first kappa shape index (κ1) is 18.4. The fraction of sp³-hybridized carbons (Fsp3) is 0.476. The van der Waals surface area contributed by atoms with E-state index in [1.807, 2.05) is 13.0 Å². The van der Waals surface area contributed by atoms with Crippen molar-refractivity contribution in [3.63, 3.8) is 0 Å². The van der Waals surface area contributed by atoms with Crippen LogP contribution in [0.15, 0.2) is 42.5 Å². The lowest BCUT2D eigenvalue weighted by Gasteiger charge is -2.39. The topological polar surface area (TPSA) is 57.7 Å². The van der Waals surface area contributed by atoms with Gasteiger partial charge in [-0.25, -0.2) is 4.79 Å². The molecule has 1 saturated heterocycles. The normalized spacial score (nSPS) is 28.7. The largest absolute Gasteiger partial charge is 0.327 e. The summed E-state index contributed by atoms with van der Waals surface area (Å²) in [6.45, 7) is 3.77. The van der Waals surface area contributed by atoms with Crippen LogP contribution in [0.4, 0.5) is 4.79 Å². The molecule has 0 saturated carbocycles. The molecule has 3 rings (SSSR count). The van der Waals surface area contributed by atoms with Gasteiger partial charge in [-0.15, -0.1) is 0 Å². The van der Waals surface area contributed by atoms with Gasteiger partial charge in [0.25, 0.3) is 5.91 Å². The summed E-state index contributed by atoms with van der Waals surface area (Å²) in [5, 5.41) is 0. The molecule has 2 unspecified atom stereocenters. The number of rotatable bonds is 5. The van der Waals surface area contributed by atoms with E-state index in [2.05, 4.69) is 19.1 Å². The minimum atomic E-state index is -0.897. The van der Waals surface area contributed by atoms with Gasteiger partial charge in [-0.3, -0.25) is 14.5 Å².